The summed E-state index contributed by atoms with van der Waals surface area (Å²) in [5, 5.41) is 0. The van der Waals surface area contributed by atoms with Crippen LogP contribution in [0.1, 0.15) is 26.7 Å². The molecule has 0 aliphatic carbocycles. The molecule has 74 valence electrons. The van der Waals surface area contributed by atoms with Crippen LogP contribution in [0, 0.1) is 5.92 Å². The van der Waals surface area contributed by atoms with Gasteiger partial charge in [0.2, 0.25) is 6.10 Å². The predicted molar refractivity (Wildman–Crippen MR) is 44.9 cm³/mol. The lowest BCUT2D eigenvalue weighted by Gasteiger charge is -2.23. The number of ether oxygens (including phenoxy) is 2. The Kier molecular flexibility index (Phi) is 3.28. The van der Waals surface area contributed by atoms with E-state index < -0.39 is 12.1 Å². The highest BCUT2D eigenvalue weighted by Gasteiger charge is 2.36. The zero-order valence-electron chi connectivity index (χ0n) is 7.91. The number of esters is 2. The molecule has 0 saturated carbocycles. The van der Waals surface area contributed by atoms with Gasteiger partial charge in [-0.1, -0.05) is 20.3 Å². The van der Waals surface area contributed by atoms with E-state index in [-0.39, 0.29) is 12.4 Å². The molecule has 4 nitrogen and oxygen atoms in total. The highest BCUT2D eigenvalue weighted by atomic mass is 16.6. The standard InChI is InChI=1S/C9H14O4/c1-3-6(2)5-12-9(11)7-4-8(10)13-7/h6-7H,3-5H2,1-2H3/t6-,7-/m1/s1. The molecule has 0 aromatic carbocycles. The third-order valence-corrected chi connectivity index (χ3v) is 2.10. The van der Waals surface area contributed by atoms with E-state index in [9.17, 15) is 9.59 Å². The minimum absolute atomic E-state index is 0.166. The van der Waals surface area contributed by atoms with Gasteiger partial charge in [0.15, 0.2) is 0 Å². The van der Waals surface area contributed by atoms with E-state index in [4.69, 9.17) is 4.74 Å². The largest absolute Gasteiger partial charge is 0.463 e. The Bertz CT molecular complexity index is 204. The fraction of sp³-hybridized carbons (Fsp3) is 0.778. The van der Waals surface area contributed by atoms with Crippen LogP contribution in [0.4, 0.5) is 0 Å². The van der Waals surface area contributed by atoms with Crippen molar-refractivity contribution in [3.63, 3.8) is 0 Å². The Morgan fingerprint density at radius 3 is 2.85 bits per heavy atom. The van der Waals surface area contributed by atoms with E-state index in [1.165, 1.54) is 0 Å². The Labute approximate surface area is 77.2 Å². The van der Waals surface area contributed by atoms with Crippen molar-refractivity contribution < 1.29 is 19.1 Å². The van der Waals surface area contributed by atoms with Crippen LogP contribution >= 0.6 is 0 Å². The maximum absolute atomic E-state index is 11.1. The van der Waals surface area contributed by atoms with E-state index in [2.05, 4.69) is 4.74 Å². The van der Waals surface area contributed by atoms with E-state index in [1.807, 2.05) is 13.8 Å². The summed E-state index contributed by atoms with van der Waals surface area (Å²) in [6.45, 7) is 4.44. The normalized spacial score (nSPS) is 22.9. The monoisotopic (exact) mass is 186 g/mol. The molecule has 0 spiro atoms. The first kappa shape index (κ1) is 10.0. The van der Waals surface area contributed by atoms with Crippen LogP contribution < -0.4 is 0 Å². The number of rotatable bonds is 4. The molecule has 0 aromatic rings. The van der Waals surface area contributed by atoms with Crippen LogP contribution in [0.3, 0.4) is 0 Å². The molecule has 1 aliphatic rings. The third kappa shape index (κ3) is 2.72. The average molecular weight is 186 g/mol. The molecule has 0 aromatic heterocycles. The molecule has 2 atom stereocenters. The van der Waals surface area contributed by atoms with Crippen molar-refractivity contribution in [3.8, 4) is 0 Å². The molecular weight excluding hydrogens is 172 g/mol. The fourth-order valence-electron chi connectivity index (χ4n) is 0.867. The summed E-state index contributed by atoms with van der Waals surface area (Å²) in [6, 6.07) is 0. The first-order valence-electron chi connectivity index (χ1n) is 4.49. The average Bonchev–Trinajstić information content (AvgIpc) is 2.08. The Morgan fingerprint density at radius 2 is 2.38 bits per heavy atom. The molecule has 13 heavy (non-hydrogen) atoms. The molecular formula is C9H14O4. The van der Waals surface area contributed by atoms with Gasteiger partial charge in [0.1, 0.15) is 0 Å². The third-order valence-electron chi connectivity index (χ3n) is 2.10. The van der Waals surface area contributed by atoms with Gasteiger partial charge < -0.3 is 9.47 Å². The van der Waals surface area contributed by atoms with Crippen LogP contribution in [-0.2, 0) is 19.1 Å². The van der Waals surface area contributed by atoms with Crippen molar-refractivity contribution in [2.45, 2.75) is 32.8 Å². The topological polar surface area (TPSA) is 52.6 Å². The second-order valence-electron chi connectivity index (χ2n) is 3.33. The van der Waals surface area contributed by atoms with E-state index >= 15 is 0 Å². The lowest BCUT2D eigenvalue weighted by Crippen LogP contribution is -2.40. The van der Waals surface area contributed by atoms with Gasteiger partial charge in [-0.15, -0.1) is 0 Å². The smallest absolute Gasteiger partial charge is 0.348 e. The van der Waals surface area contributed by atoms with Gasteiger partial charge in [0, 0.05) is 0 Å². The van der Waals surface area contributed by atoms with E-state index in [0.717, 1.165) is 6.42 Å². The van der Waals surface area contributed by atoms with Gasteiger partial charge in [-0.05, 0) is 5.92 Å². The molecule has 0 unspecified atom stereocenters. The summed E-state index contributed by atoms with van der Waals surface area (Å²) in [6.07, 6.45) is 0.494. The van der Waals surface area contributed by atoms with Gasteiger partial charge in [0.05, 0.1) is 13.0 Å². The minimum atomic E-state index is -0.642. The van der Waals surface area contributed by atoms with Gasteiger partial charge in [-0.25, -0.2) is 4.79 Å². The number of cyclic esters (lactones) is 1. The lowest BCUT2D eigenvalue weighted by atomic mass is 10.1. The number of hydrogen-bond acceptors (Lipinski definition) is 4. The SMILES string of the molecule is CC[C@@H](C)COC(=O)[C@H]1CC(=O)O1. The highest BCUT2D eigenvalue weighted by molar-refractivity contribution is 5.89. The van der Waals surface area contributed by atoms with Crippen molar-refractivity contribution in [1.82, 2.24) is 0 Å². The number of carbonyl (C=O) groups excluding carboxylic acids is 2. The number of hydrogen-bond donors (Lipinski definition) is 0. The van der Waals surface area contributed by atoms with Crippen molar-refractivity contribution in [2.75, 3.05) is 6.61 Å². The Hall–Kier alpha value is -1.06. The minimum Gasteiger partial charge on any atom is -0.463 e. The molecule has 1 saturated heterocycles. The van der Waals surface area contributed by atoms with Crippen molar-refractivity contribution in [3.05, 3.63) is 0 Å². The lowest BCUT2D eigenvalue weighted by molar-refractivity contribution is -0.186. The highest BCUT2D eigenvalue weighted by Crippen LogP contribution is 2.15. The predicted octanol–water partition coefficient (Wildman–Crippen LogP) is 0.891. The van der Waals surface area contributed by atoms with Crippen LogP contribution in [-0.4, -0.2) is 24.6 Å². The van der Waals surface area contributed by atoms with Crippen LogP contribution in [0.15, 0.2) is 0 Å². The van der Waals surface area contributed by atoms with Crippen LogP contribution in [0.25, 0.3) is 0 Å². The van der Waals surface area contributed by atoms with Crippen molar-refractivity contribution >= 4 is 11.9 Å². The van der Waals surface area contributed by atoms with E-state index in [0.29, 0.717) is 12.5 Å². The zero-order valence-corrected chi connectivity index (χ0v) is 7.91. The second kappa shape index (κ2) is 4.25. The summed E-state index contributed by atoms with van der Waals surface area (Å²) in [5.41, 5.74) is 0. The molecule has 0 N–H and O–H groups in total. The van der Waals surface area contributed by atoms with Crippen molar-refractivity contribution in [2.24, 2.45) is 5.92 Å². The zero-order chi connectivity index (χ0) is 9.84. The fourth-order valence-corrected chi connectivity index (χ4v) is 0.867. The molecule has 0 radical (unpaired) electrons. The Morgan fingerprint density at radius 1 is 1.77 bits per heavy atom. The summed E-state index contributed by atoms with van der Waals surface area (Å²) in [4.78, 5) is 21.5. The summed E-state index contributed by atoms with van der Waals surface area (Å²) < 4.78 is 9.48. The quantitative estimate of drug-likeness (QED) is 0.612. The molecule has 1 aliphatic heterocycles. The summed E-state index contributed by atoms with van der Waals surface area (Å²) >= 11 is 0. The van der Waals surface area contributed by atoms with Gasteiger partial charge in [-0.2, -0.15) is 0 Å². The molecule has 1 heterocycles. The van der Waals surface area contributed by atoms with Gasteiger partial charge in [-0.3, -0.25) is 4.79 Å². The van der Waals surface area contributed by atoms with Crippen LogP contribution in [0.5, 0.6) is 0 Å². The molecule has 0 bridgehead atoms. The summed E-state index contributed by atoms with van der Waals surface area (Å²) in [5.74, 6) is -0.384. The van der Waals surface area contributed by atoms with Gasteiger partial charge in [0.25, 0.3) is 0 Å². The maximum atomic E-state index is 11.1. The van der Waals surface area contributed by atoms with Crippen molar-refractivity contribution in [1.29, 1.82) is 0 Å². The molecule has 1 fully saturated rings. The maximum Gasteiger partial charge on any atom is 0.348 e. The molecule has 1 rings (SSSR count). The van der Waals surface area contributed by atoms with Gasteiger partial charge >= 0.3 is 11.9 Å². The molecule has 0 amide bonds. The van der Waals surface area contributed by atoms with E-state index in [1.54, 1.807) is 0 Å². The van der Waals surface area contributed by atoms with Crippen LogP contribution in [0.2, 0.25) is 0 Å². The Balaban J connectivity index is 2.15. The number of carbonyl (C=O) groups is 2. The second-order valence-corrected chi connectivity index (χ2v) is 3.33. The summed E-state index contributed by atoms with van der Waals surface area (Å²) in [7, 11) is 0. The first-order valence-corrected chi connectivity index (χ1v) is 4.49. The first-order chi connectivity index (χ1) is 6.13. The molecule has 4 heteroatoms.